The summed E-state index contributed by atoms with van der Waals surface area (Å²) in [6.07, 6.45) is 0. The fourth-order valence-corrected chi connectivity index (χ4v) is 2.72. The second-order valence-corrected chi connectivity index (χ2v) is 6.75. The fraction of sp³-hybridized carbons (Fsp3) is 0. The maximum atomic E-state index is 14.1. The number of benzene rings is 2. The highest BCUT2D eigenvalue weighted by Crippen LogP contribution is 2.23. The molecule has 0 aliphatic carbocycles. The van der Waals surface area contributed by atoms with Crippen LogP contribution < -0.4 is 10.5 Å². The molecule has 3 N–H and O–H groups in total. The zero-order chi connectivity index (χ0) is 17.4. The predicted octanol–water partition coefficient (Wildman–Crippen LogP) is 2.77. The monoisotopic (exact) mass is 408 g/mol. The van der Waals surface area contributed by atoms with Crippen LogP contribution in [0.4, 0.5) is 18.9 Å². The Morgan fingerprint density at radius 3 is 2.26 bits per heavy atom. The van der Waals surface area contributed by atoms with Gasteiger partial charge in [0.1, 0.15) is 22.1 Å². The molecule has 0 saturated heterocycles. The van der Waals surface area contributed by atoms with E-state index in [1.54, 1.807) is 0 Å². The van der Waals surface area contributed by atoms with Gasteiger partial charge in [-0.2, -0.15) is 0 Å². The molecule has 0 spiro atoms. The van der Waals surface area contributed by atoms with Crippen LogP contribution in [-0.2, 0) is 10.0 Å². The summed E-state index contributed by atoms with van der Waals surface area (Å²) < 4.78 is 63.4. The number of amides is 1. The minimum absolute atomic E-state index is 0.0227. The molecule has 2 rings (SSSR count). The lowest BCUT2D eigenvalue weighted by Gasteiger charge is -2.10. The van der Waals surface area contributed by atoms with Crippen molar-refractivity contribution in [3.05, 3.63) is 57.8 Å². The highest BCUT2D eigenvalue weighted by atomic mass is 79.9. The Kier molecular flexibility index (Phi) is 4.78. The van der Waals surface area contributed by atoms with Crippen molar-refractivity contribution < 1.29 is 26.4 Å². The highest BCUT2D eigenvalue weighted by Gasteiger charge is 2.25. The summed E-state index contributed by atoms with van der Waals surface area (Å²) in [4.78, 5) is 11.0. The van der Waals surface area contributed by atoms with E-state index < -0.39 is 43.8 Å². The molecule has 0 aliphatic rings. The van der Waals surface area contributed by atoms with Gasteiger partial charge in [-0.15, -0.1) is 0 Å². The molecule has 1 amide bonds. The minimum atomic E-state index is -4.47. The molecule has 0 aromatic heterocycles. The van der Waals surface area contributed by atoms with Crippen molar-refractivity contribution in [3.8, 4) is 0 Å². The summed E-state index contributed by atoms with van der Waals surface area (Å²) in [7, 11) is -4.47. The SMILES string of the molecule is NS(=O)(=O)c1ccc(F)c(C(=O)Nc2ccc(F)c(Br)c2)c1F. The van der Waals surface area contributed by atoms with Gasteiger partial charge in [0.05, 0.1) is 4.47 Å². The Morgan fingerprint density at radius 2 is 1.70 bits per heavy atom. The Bertz CT molecular complexity index is 904. The molecule has 0 fully saturated rings. The van der Waals surface area contributed by atoms with Gasteiger partial charge >= 0.3 is 0 Å². The maximum Gasteiger partial charge on any atom is 0.261 e. The van der Waals surface area contributed by atoms with Gasteiger partial charge in [-0.05, 0) is 46.3 Å². The smallest absolute Gasteiger partial charge is 0.261 e. The quantitative estimate of drug-likeness (QED) is 0.817. The largest absolute Gasteiger partial charge is 0.322 e. The first-order valence-electron chi connectivity index (χ1n) is 5.88. The van der Waals surface area contributed by atoms with Crippen LogP contribution in [0.15, 0.2) is 39.7 Å². The molecule has 0 heterocycles. The van der Waals surface area contributed by atoms with Gasteiger partial charge in [-0.25, -0.2) is 26.7 Å². The summed E-state index contributed by atoms with van der Waals surface area (Å²) in [5.41, 5.74) is -1.07. The van der Waals surface area contributed by atoms with Gasteiger partial charge in [0, 0.05) is 5.69 Å². The molecule has 5 nitrogen and oxygen atoms in total. The standard InChI is InChI=1S/C13H8BrF3N2O3S/c14-7-5-6(1-2-8(7)15)19-13(20)11-9(16)3-4-10(12(11)17)23(18,21)22/h1-5H,(H,19,20)(H2,18,21,22). The number of sulfonamides is 1. The molecule has 0 bridgehead atoms. The summed E-state index contributed by atoms with van der Waals surface area (Å²) in [5, 5.41) is 6.93. The number of nitrogens with two attached hydrogens (primary N) is 1. The first kappa shape index (κ1) is 17.4. The van der Waals surface area contributed by atoms with Gasteiger partial charge in [0.2, 0.25) is 10.0 Å². The molecule has 122 valence electrons. The van der Waals surface area contributed by atoms with Crippen molar-refractivity contribution >= 4 is 37.5 Å². The van der Waals surface area contributed by atoms with Crippen molar-refractivity contribution in [2.75, 3.05) is 5.32 Å². The molecule has 2 aromatic carbocycles. The summed E-state index contributed by atoms with van der Waals surface area (Å²) in [5.74, 6) is -4.72. The minimum Gasteiger partial charge on any atom is -0.322 e. The Balaban J connectivity index is 2.45. The molecule has 0 unspecified atom stereocenters. The number of carbonyl (C=O) groups excluding carboxylic acids is 1. The van der Waals surface area contributed by atoms with Gasteiger partial charge in [0.25, 0.3) is 5.91 Å². The van der Waals surface area contributed by atoms with E-state index in [1.165, 1.54) is 6.07 Å². The van der Waals surface area contributed by atoms with E-state index in [4.69, 9.17) is 5.14 Å². The first-order chi connectivity index (χ1) is 10.6. The second-order valence-electron chi connectivity index (χ2n) is 4.36. The number of hydrogen-bond acceptors (Lipinski definition) is 3. The number of rotatable bonds is 3. The van der Waals surface area contributed by atoms with E-state index in [1.807, 2.05) is 0 Å². The van der Waals surface area contributed by atoms with Gasteiger partial charge in [-0.3, -0.25) is 4.79 Å². The van der Waals surface area contributed by atoms with E-state index in [0.29, 0.717) is 12.1 Å². The zero-order valence-electron chi connectivity index (χ0n) is 11.1. The molecular formula is C13H8BrF3N2O3S. The molecule has 0 radical (unpaired) electrons. The van der Waals surface area contributed by atoms with Crippen molar-refractivity contribution in [2.45, 2.75) is 4.90 Å². The van der Waals surface area contributed by atoms with Crippen LogP contribution in [0.25, 0.3) is 0 Å². The molecule has 0 saturated carbocycles. The Hall–Kier alpha value is -1.91. The topological polar surface area (TPSA) is 89.3 Å². The number of anilines is 1. The molecule has 23 heavy (non-hydrogen) atoms. The average molecular weight is 409 g/mol. The van der Waals surface area contributed by atoms with Crippen molar-refractivity contribution in [2.24, 2.45) is 5.14 Å². The molecular weight excluding hydrogens is 401 g/mol. The summed E-state index contributed by atoms with van der Waals surface area (Å²) in [6, 6.07) is 4.58. The molecule has 0 atom stereocenters. The number of halogens is 4. The van der Waals surface area contributed by atoms with Crippen molar-refractivity contribution in [1.82, 2.24) is 0 Å². The second kappa shape index (κ2) is 6.30. The molecule has 10 heteroatoms. The van der Waals surface area contributed by atoms with E-state index in [2.05, 4.69) is 21.2 Å². The van der Waals surface area contributed by atoms with Crippen LogP contribution in [0, 0.1) is 17.5 Å². The summed E-state index contributed by atoms with van der Waals surface area (Å²) in [6.45, 7) is 0. The van der Waals surface area contributed by atoms with Crippen LogP contribution in [-0.4, -0.2) is 14.3 Å². The van der Waals surface area contributed by atoms with Crippen LogP contribution in [0.3, 0.4) is 0 Å². The third-order valence-corrected chi connectivity index (χ3v) is 4.30. The lowest BCUT2D eigenvalue weighted by atomic mass is 10.1. The van der Waals surface area contributed by atoms with Crippen LogP contribution in [0.2, 0.25) is 0 Å². The lowest BCUT2D eigenvalue weighted by Crippen LogP contribution is -2.20. The van der Waals surface area contributed by atoms with Crippen LogP contribution in [0.5, 0.6) is 0 Å². The normalized spacial score (nSPS) is 11.3. The van der Waals surface area contributed by atoms with Gasteiger partial charge in [0.15, 0.2) is 5.82 Å². The van der Waals surface area contributed by atoms with Crippen molar-refractivity contribution in [1.29, 1.82) is 0 Å². The van der Waals surface area contributed by atoms with Crippen LogP contribution in [0.1, 0.15) is 10.4 Å². The zero-order valence-corrected chi connectivity index (χ0v) is 13.5. The van der Waals surface area contributed by atoms with E-state index in [0.717, 1.165) is 12.1 Å². The fourth-order valence-electron chi connectivity index (χ4n) is 1.73. The Morgan fingerprint density at radius 1 is 1.09 bits per heavy atom. The maximum absolute atomic E-state index is 14.1. The Labute approximate surface area is 137 Å². The van der Waals surface area contributed by atoms with E-state index >= 15 is 0 Å². The van der Waals surface area contributed by atoms with Crippen LogP contribution >= 0.6 is 15.9 Å². The molecule has 0 aliphatic heterocycles. The number of nitrogens with one attached hydrogen (secondary N) is 1. The summed E-state index contributed by atoms with van der Waals surface area (Å²) >= 11 is 2.89. The average Bonchev–Trinajstić information content (AvgIpc) is 2.41. The number of hydrogen-bond donors (Lipinski definition) is 2. The molecule has 2 aromatic rings. The number of primary sulfonamides is 1. The van der Waals surface area contributed by atoms with E-state index in [-0.39, 0.29) is 10.2 Å². The first-order valence-corrected chi connectivity index (χ1v) is 8.22. The third-order valence-electron chi connectivity index (χ3n) is 2.77. The van der Waals surface area contributed by atoms with Gasteiger partial charge in [-0.1, -0.05) is 0 Å². The van der Waals surface area contributed by atoms with Gasteiger partial charge < -0.3 is 5.32 Å². The third kappa shape index (κ3) is 3.71. The number of carbonyl (C=O) groups is 1. The van der Waals surface area contributed by atoms with Crippen molar-refractivity contribution in [3.63, 3.8) is 0 Å². The lowest BCUT2D eigenvalue weighted by molar-refractivity contribution is 0.101. The predicted molar refractivity (Wildman–Crippen MR) is 79.8 cm³/mol. The van der Waals surface area contributed by atoms with E-state index in [9.17, 15) is 26.4 Å². The highest BCUT2D eigenvalue weighted by molar-refractivity contribution is 9.10.